The van der Waals surface area contributed by atoms with E-state index in [4.69, 9.17) is 10.5 Å². The van der Waals surface area contributed by atoms with E-state index in [1.54, 1.807) is 24.7 Å². The molecule has 16 heavy (non-hydrogen) atoms. The lowest BCUT2D eigenvalue weighted by Crippen LogP contribution is -2.00. The minimum Gasteiger partial charge on any atom is -0.485 e. The summed E-state index contributed by atoms with van der Waals surface area (Å²) in [5, 5.41) is 0. The number of hydrogen-bond acceptors (Lipinski definition) is 4. The van der Waals surface area contributed by atoms with Crippen molar-refractivity contribution < 1.29 is 4.74 Å². The maximum Gasteiger partial charge on any atom is 0.166 e. The zero-order valence-electron chi connectivity index (χ0n) is 8.43. The van der Waals surface area contributed by atoms with Crippen molar-refractivity contribution >= 4 is 21.7 Å². The summed E-state index contributed by atoms with van der Waals surface area (Å²) >= 11 is 3.31. The Bertz CT molecular complexity index is 476. The quantitative estimate of drug-likeness (QED) is 0.937. The third-order valence-electron chi connectivity index (χ3n) is 1.97. The van der Waals surface area contributed by atoms with E-state index in [1.807, 2.05) is 12.1 Å². The number of anilines is 1. The van der Waals surface area contributed by atoms with E-state index in [0.29, 0.717) is 18.2 Å². The second-order valence-corrected chi connectivity index (χ2v) is 4.10. The average molecular weight is 280 g/mol. The predicted octanol–water partition coefficient (Wildman–Crippen LogP) is 2.40. The molecule has 2 aromatic heterocycles. The zero-order valence-corrected chi connectivity index (χ0v) is 10.0. The summed E-state index contributed by atoms with van der Waals surface area (Å²) < 4.78 is 6.38. The highest BCUT2D eigenvalue weighted by atomic mass is 79.9. The van der Waals surface area contributed by atoms with Gasteiger partial charge in [0.1, 0.15) is 6.61 Å². The van der Waals surface area contributed by atoms with Gasteiger partial charge in [-0.25, -0.2) is 4.98 Å². The molecule has 4 nitrogen and oxygen atoms in total. The first kappa shape index (κ1) is 10.9. The number of aromatic nitrogens is 2. The van der Waals surface area contributed by atoms with Gasteiger partial charge in [-0.3, -0.25) is 4.98 Å². The van der Waals surface area contributed by atoms with Gasteiger partial charge in [-0.1, -0.05) is 6.07 Å². The Morgan fingerprint density at radius 2 is 2.25 bits per heavy atom. The molecule has 0 aromatic carbocycles. The molecular weight excluding hydrogens is 270 g/mol. The molecule has 0 atom stereocenters. The van der Waals surface area contributed by atoms with Crippen molar-refractivity contribution in [3.63, 3.8) is 0 Å². The third-order valence-corrected chi connectivity index (χ3v) is 2.40. The lowest BCUT2D eigenvalue weighted by atomic mass is 10.3. The predicted molar refractivity (Wildman–Crippen MR) is 64.9 cm³/mol. The Hall–Kier alpha value is -1.62. The van der Waals surface area contributed by atoms with E-state index in [9.17, 15) is 0 Å². The fourth-order valence-corrected chi connectivity index (χ4v) is 1.50. The monoisotopic (exact) mass is 279 g/mol. The number of nitrogens with zero attached hydrogens (tertiary/aromatic N) is 2. The fraction of sp³-hybridized carbons (Fsp3) is 0.0909. The molecule has 2 heterocycles. The number of nitrogen functional groups attached to an aromatic ring is 1. The highest BCUT2D eigenvalue weighted by Crippen LogP contribution is 2.23. The van der Waals surface area contributed by atoms with Crippen molar-refractivity contribution in [3.8, 4) is 5.75 Å². The molecule has 0 radical (unpaired) electrons. The van der Waals surface area contributed by atoms with Crippen LogP contribution < -0.4 is 10.5 Å². The molecule has 82 valence electrons. The van der Waals surface area contributed by atoms with Crippen molar-refractivity contribution in [2.45, 2.75) is 6.61 Å². The van der Waals surface area contributed by atoms with Crippen molar-refractivity contribution in [2.75, 3.05) is 5.73 Å². The molecule has 0 saturated heterocycles. The molecule has 0 fully saturated rings. The Kier molecular flexibility index (Phi) is 3.36. The van der Waals surface area contributed by atoms with Crippen molar-refractivity contribution in [3.05, 3.63) is 46.8 Å². The smallest absolute Gasteiger partial charge is 0.166 e. The molecule has 0 aliphatic carbocycles. The molecule has 2 rings (SSSR count). The Morgan fingerprint density at radius 3 is 3.00 bits per heavy atom. The normalized spacial score (nSPS) is 10.1. The van der Waals surface area contributed by atoms with Crippen LogP contribution in [0, 0.1) is 0 Å². The molecular formula is C11H10BrN3O. The van der Waals surface area contributed by atoms with Crippen LogP contribution >= 0.6 is 15.9 Å². The average Bonchev–Trinajstić information content (AvgIpc) is 2.32. The second-order valence-electron chi connectivity index (χ2n) is 3.19. The van der Waals surface area contributed by atoms with E-state index < -0.39 is 0 Å². The zero-order chi connectivity index (χ0) is 11.4. The summed E-state index contributed by atoms with van der Waals surface area (Å²) in [7, 11) is 0. The van der Waals surface area contributed by atoms with Gasteiger partial charge in [0.15, 0.2) is 11.6 Å². The largest absolute Gasteiger partial charge is 0.485 e. The van der Waals surface area contributed by atoms with Crippen molar-refractivity contribution in [1.29, 1.82) is 0 Å². The van der Waals surface area contributed by atoms with Crippen LogP contribution in [-0.2, 0) is 6.61 Å². The number of ether oxygens (including phenoxy) is 1. The molecule has 2 N–H and O–H groups in total. The Morgan fingerprint density at radius 1 is 1.38 bits per heavy atom. The fourth-order valence-electron chi connectivity index (χ4n) is 1.19. The van der Waals surface area contributed by atoms with Crippen LogP contribution in [0.1, 0.15) is 5.56 Å². The highest BCUT2D eigenvalue weighted by molar-refractivity contribution is 9.10. The third kappa shape index (κ3) is 2.70. The molecule has 5 heteroatoms. The van der Waals surface area contributed by atoms with E-state index in [-0.39, 0.29) is 0 Å². The SMILES string of the molecule is Nc1ncc(Br)cc1OCc1cccnc1. The maximum absolute atomic E-state index is 5.68. The van der Waals surface area contributed by atoms with Gasteiger partial charge in [0.25, 0.3) is 0 Å². The van der Waals surface area contributed by atoms with E-state index in [2.05, 4.69) is 25.9 Å². The van der Waals surface area contributed by atoms with E-state index in [1.165, 1.54) is 0 Å². The topological polar surface area (TPSA) is 61.0 Å². The Labute approximate surface area is 102 Å². The van der Waals surface area contributed by atoms with Crippen LogP contribution in [-0.4, -0.2) is 9.97 Å². The van der Waals surface area contributed by atoms with Crippen LogP contribution in [0.2, 0.25) is 0 Å². The van der Waals surface area contributed by atoms with Crippen LogP contribution in [0.15, 0.2) is 41.3 Å². The lowest BCUT2D eigenvalue weighted by molar-refractivity contribution is 0.306. The van der Waals surface area contributed by atoms with Crippen LogP contribution in [0.25, 0.3) is 0 Å². The van der Waals surface area contributed by atoms with Crippen LogP contribution in [0.4, 0.5) is 5.82 Å². The molecule has 0 amide bonds. The first-order valence-corrected chi connectivity index (χ1v) is 5.48. The Balaban J connectivity index is 2.08. The molecule has 0 saturated carbocycles. The van der Waals surface area contributed by atoms with Gasteiger partial charge >= 0.3 is 0 Å². The highest BCUT2D eigenvalue weighted by Gasteiger charge is 2.03. The van der Waals surface area contributed by atoms with E-state index in [0.717, 1.165) is 10.0 Å². The number of rotatable bonds is 3. The molecule has 0 unspecified atom stereocenters. The summed E-state index contributed by atoms with van der Waals surface area (Å²) in [5.74, 6) is 0.949. The summed E-state index contributed by atoms with van der Waals surface area (Å²) in [4.78, 5) is 7.98. The number of pyridine rings is 2. The second kappa shape index (κ2) is 4.94. The van der Waals surface area contributed by atoms with Gasteiger partial charge in [-0.05, 0) is 28.1 Å². The van der Waals surface area contributed by atoms with Crippen LogP contribution in [0.3, 0.4) is 0 Å². The van der Waals surface area contributed by atoms with Gasteiger partial charge in [-0.2, -0.15) is 0 Å². The minimum absolute atomic E-state index is 0.382. The summed E-state index contributed by atoms with van der Waals surface area (Å²) in [5.41, 5.74) is 6.67. The van der Waals surface area contributed by atoms with Crippen molar-refractivity contribution in [1.82, 2.24) is 9.97 Å². The molecule has 0 aliphatic rings. The number of nitrogens with two attached hydrogens (primary N) is 1. The summed E-state index contributed by atoms with van der Waals surface area (Å²) in [6, 6.07) is 5.59. The maximum atomic E-state index is 5.68. The molecule has 0 bridgehead atoms. The van der Waals surface area contributed by atoms with Gasteiger partial charge < -0.3 is 10.5 Å². The standard InChI is InChI=1S/C11H10BrN3O/c12-9-4-10(11(13)15-6-9)16-7-8-2-1-3-14-5-8/h1-6H,7H2,(H2,13,15). The van der Waals surface area contributed by atoms with Gasteiger partial charge in [-0.15, -0.1) is 0 Å². The summed E-state index contributed by atoms with van der Waals surface area (Å²) in [6.45, 7) is 0.427. The van der Waals surface area contributed by atoms with Gasteiger partial charge in [0, 0.05) is 28.6 Å². The summed E-state index contributed by atoms with van der Waals surface area (Å²) in [6.07, 6.45) is 5.10. The number of hydrogen-bond donors (Lipinski definition) is 1. The first-order valence-electron chi connectivity index (χ1n) is 4.68. The molecule has 0 aliphatic heterocycles. The molecule has 2 aromatic rings. The molecule has 0 spiro atoms. The van der Waals surface area contributed by atoms with Crippen LogP contribution in [0.5, 0.6) is 5.75 Å². The first-order chi connectivity index (χ1) is 7.75. The van der Waals surface area contributed by atoms with E-state index >= 15 is 0 Å². The number of halogens is 1. The van der Waals surface area contributed by atoms with Crippen molar-refractivity contribution in [2.24, 2.45) is 0 Å². The van der Waals surface area contributed by atoms with Gasteiger partial charge in [0.2, 0.25) is 0 Å². The van der Waals surface area contributed by atoms with Gasteiger partial charge in [0.05, 0.1) is 0 Å². The lowest BCUT2D eigenvalue weighted by Gasteiger charge is -2.07. The minimum atomic E-state index is 0.382.